The lowest BCUT2D eigenvalue weighted by Gasteiger charge is -2.30. The van der Waals surface area contributed by atoms with Crippen molar-refractivity contribution in [1.82, 2.24) is 4.90 Å². The van der Waals surface area contributed by atoms with Crippen molar-refractivity contribution in [1.29, 1.82) is 5.26 Å². The molecule has 1 atom stereocenters. The molecule has 1 aromatic rings. The summed E-state index contributed by atoms with van der Waals surface area (Å²) in [6.45, 7) is 0.627. The van der Waals surface area contributed by atoms with Gasteiger partial charge in [0.1, 0.15) is 6.04 Å². The number of urea groups is 1. The number of nitrogens with one attached hydrogen (secondary N) is 1. The van der Waals surface area contributed by atoms with Crippen LogP contribution in [0.4, 0.5) is 10.5 Å². The van der Waals surface area contributed by atoms with Gasteiger partial charge < -0.3 is 10.2 Å². The molecule has 0 saturated carbocycles. The first-order valence-corrected chi connectivity index (χ1v) is 6.57. The number of para-hydroxylation sites is 1. The minimum absolute atomic E-state index is 0.192. The van der Waals surface area contributed by atoms with Crippen LogP contribution in [0.3, 0.4) is 0 Å². The second-order valence-electron chi connectivity index (χ2n) is 3.71. The fourth-order valence-electron chi connectivity index (χ4n) is 1.67. The van der Waals surface area contributed by atoms with E-state index in [0.29, 0.717) is 12.3 Å². The fourth-order valence-corrected chi connectivity index (χ4v) is 2.64. The van der Waals surface area contributed by atoms with Gasteiger partial charge in [-0.1, -0.05) is 18.2 Å². The van der Waals surface area contributed by atoms with Crippen molar-refractivity contribution in [2.45, 2.75) is 6.04 Å². The first-order chi connectivity index (χ1) is 8.31. The molecule has 1 aromatic carbocycles. The molecule has 0 aromatic heterocycles. The monoisotopic (exact) mass is 247 g/mol. The van der Waals surface area contributed by atoms with Gasteiger partial charge >= 0.3 is 6.03 Å². The zero-order valence-electron chi connectivity index (χ0n) is 9.30. The summed E-state index contributed by atoms with van der Waals surface area (Å²) in [5, 5.41) is 11.8. The standard InChI is InChI=1S/C12H13N3OS/c13-8-11-9-17-7-6-15(11)12(16)14-10-4-2-1-3-5-10/h1-5,11H,6-7,9H2,(H,14,16). The van der Waals surface area contributed by atoms with Crippen LogP contribution in [-0.4, -0.2) is 35.0 Å². The molecule has 0 radical (unpaired) electrons. The summed E-state index contributed by atoms with van der Waals surface area (Å²) >= 11 is 1.71. The number of benzene rings is 1. The Hall–Kier alpha value is -1.67. The Morgan fingerprint density at radius 3 is 2.94 bits per heavy atom. The smallest absolute Gasteiger partial charge is 0.308 e. The molecular weight excluding hydrogens is 234 g/mol. The molecular formula is C12H13N3OS. The van der Waals surface area contributed by atoms with Gasteiger partial charge in [0.15, 0.2) is 0 Å². The Balaban J connectivity index is 2.02. The van der Waals surface area contributed by atoms with E-state index >= 15 is 0 Å². The van der Waals surface area contributed by atoms with Gasteiger partial charge in [-0.25, -0.2) is 4.79 Å². The maximum atomic E-state index is 12.0. The number of amides is 2. The highest BCUT2D eigenvalue weighted by Crippen LogP contribution is 2.17. The summed E-state index contributed by atoms with van der Waals surface area (Å²) in [7, 11) is 0. The van der Waals surface area contributed by atoms with E-state index < -0.39 is 0 Å². The number of rotatable bonds is 1. The number of hydrogen-bond donors (Lipinski definition) is 1. The third-order valence-electron chi connectivity index (χ3n) is 2.56. The van der Waals surface area contributed by atoms with Crippen molar-refractivity contribution in [2.24, 2.45) is 0 Å². The van der Waals surface area contributed by atoms with E-state index in [2.05, 4.69) is 11.4 Å². The van der Waals surface area contributed by atoms with E-state index in [1.807, 2.05) is 30.3 Å². The molecule has 0 spiro atoms. The Kier molecular flexibility index (Phi) is 3.89. The third kappa shape index (κ3) is 2.92. The van der Waals surface area contributed by atoms with E-state index in [-0.39, 0.29) is 12.1 Å². The molecule has 1 unspecified atom stereocenters. The molecule has 1 saturated heterocycles. The van der Waals surface area contributed by atoms with E-state index in [1.165, 1.54) is 0 Å². The lowest BCUT2D eigenvalue weighted by Crippen LogP contribution is -2.47. The number of hydrogen-bond acceptors (Lipinski definition) is 3. The first kappa shape index (κ1) is 11.8. The second-order valence-corrected chi connectivity index (χ2v) is 4.86. The Labute approximate surface area is 105 Å². The summed E-state index contributed by atoms with van der Waals surface area (Å²) in [5.74, 6) is 1.58. The molecule has 1 aliphatic heterocycles. The highest BCUT2D eigenvalue weighted by molar-refractivity contribution is 7.99. The number of carbonyl (C=O) groups excluding carboxylic acids is 1. The summed E-state index contributed by atoms with van der Waals surface area (Å²) in [5.41, 5.74) is 0.757. The zero-order valence-corrected chi connectivity index (χ0v) is 10.1. The maximum Gasteiger partial charge on any atom is 0.322 e. The molecule has 0 aliphatic carbocycles. The molecule has 88 valence electrons. The van der Waals surface area contributed by atoms with Crippen LogP contribution in [0.15, 0.2) is 30.3 Å². The number of nitrogens with zero attached hydrogens (tertiary/aromatic N) is 2. The highest BCUT2D eigenvalue weighted by atomic mass is 32.2. The predicted molar refractivity (Wildman–Crippen MR) is 68.9 cm³/mol. The van der Waals surface area contributed by atoms with E-state index in [4.69, 9.17) is 5.26 Å². The van der Waals surface area contributed by atoms with Gasteiger partial charge in [-0.3, -0.25) is 0 Å². The van der Waals surface area contributed by atoms with E-state index in [0.717, 1.165) is 11.4 Å². The minimum Gasteiger partial charge on any atom is -0.308 e. The van der Waals surface area contributed by atoms with Crippen LogP contribution < -0.4 is 5.32 Å². The number of nitriles is 1. The summed E-state index contributed by atoms with van der Waals surface area (Å²) in [6, 6.07) is 10.9. The van der Waals surface area contributed by atoms with Gasteiger partial charge in [0.25, 0.3) is 0 Å². The van der Waals surface area contributed by atoms with Crippen molar-refractivity contribution in [2.75, 3.05) is 23.4 Å². The Bertz CT molecular complexity index is 429. The number of anilines is 1. The summed E-state index contributed by atoms with van der Waals surface area (Å²) in [4.78, 5) is 13.6. The van der Waals surface area contributed by atoms with Gasteiger partial charge in [-0.2, -0.15) is 17.0 Å². The van der Waals surface area contributed by atoms with Crippen molar-refractivity contribution >= 4 is 23.5 Å². The molecule has 1 heterocycles. The topological polar surface area (TPSA) is 56.1 Å². The van der Waals surface area contributed by atoms with Gasteiger partial charge in [-0.05, 0) is 12.1 Å². The zero-order chi connectivity index (χ0) is 12.1. The average Bonchev–Trinajstić information content (AvgIpc) is 2.40. The average molecular weight is 247 g/mol. The quantitative estimate of drug-likeness (QED) is 0.827. The van der Waals surface area contributed by atoms with Crippen LogP contribution in [0.5, 0.6) is 0 Å². The van der Waals surface area contributed by atoms with Crippen molar-refractivity contribution in [3.05, 3.63) is 30.3 Å². The third-order valence-corrected chi connectivity index (χ3v) is 3.59. The van der Waals surface area contributed by atoms with Crippen molar-refractivity contribution < 1.29 is 4.79 Å². The van der Waals surface area contributed by atoms with Gasteiger partial charge in [0.05, 0.1) is 6.07 Å². The molecule has 17 heavy (non-hydrogen) atoms. The van der Waals surface area contributed by atoms with E-state index in [1.54, 1.807) is 16.7 Å². The molecule has 5 heteroatoms. The molecule has 1 aliphatic rings. The highest BCUT2D eigenvalue weighted by Gasteiger charge is 2.26. The molecule has 2 rings (SSSR count). The molecule has 1 N–H and O–H groups in total. The first-order valence-electron chi connectivity index (χ1n) is 5.41. The summed E-state index contributed by atoms with van der Waals surface area (Å²) in [6.07, 6.45) is 0. The number of carbonyl (C=O) groups is 1. The maximum absolute atomic E-state index is 12.0. The molecule has 4 nitrogen and oxygen atoms in total. The molecule has 1 fully saturated rings. The van der Waals surface area contributed by atoms with Crippen LogP contribution in [0.25, 0.3) is 0 Å². The van der Waals surface area contributed by atoms with Crippen LogP contribution in [0.1, 0.15) is 0 Å². The van der Waals surface area contributed by atoms with Gasteiger partial charge in [0.2, 0.25) is 0 Å². The fraction of sp³-hybridized carbons (Fsp3) is 0.333. The largest absolute Gasteiger partial charge is 0.322 e. The lowest BCUT2D eigenvalue weighted by molar-refractivity contribution is 0.207. The SMILES string of the molecule is N#CC1CSCCN1C(=O)Nc1ccccc1. The Morgan fingerprint density at radius 2 is 2.24 bits per heavy atom. The normalized spacial score (nSPS) is 19.5. The number of thioether (sulfide) groups is 1. The van der Waals surface area contributed by atoms with Crippen molar-refractivity contribution in [3.8, 4) is 6.07 Å². The predicted octanol–water partition coefficient (Wildman–Crippen LogP) is 2.16. The summed E-state index contributed by atoms with van der Waals surface area (Å²) < 4.78 is 0. The lowest BCUT2D eigenvalue weighted by atomic mass is 10.3. The van der Waals surface area contributed by atoms with Gasteiger partial charge in [-0.15, -0.1) is 0 Å². The molecule has 2 amide bonds. The van der Waals surface area contributed by atoms with Crippen molar-refractivity contribution in [3.63, 3.8) is 0 Å². The van der Waals surface area contributed by atoms with Crippen LogP contribution >= 0.6 is 11.8 Å². The Morgan fingerprint density at radius 1 is 1.47 bits per heavy atom. The van der Waals surface area contributed by atoms with Gasteiger partial charge in [0, 0.05) is 23.7 Å². The van der Waals surface area contributed by atoms with Crippen LogP contribution in [0.2, 0.25) is 0 Å². The van der Waals surface area contributed by atoms with Crippen LogP contribution in [-0.2, 0) is 0 Å². The van der Waals surface area contributed by atoms with Crippen LogP contribution in [0, 0.1) is 11.3 Å². The minimum atomic E-state index is -0.322. The second kappa shape index (κ2) is 5.60. The molecule has 0 bridgehead atoms. The van der Waals surface area contributed by atoms with E-state index in [9.17, 15) is 4.79 Å².